The Morgan fingerprint density at radius 1 is 1.10 bits per heavy atom. The molecule has 3 heteroatoms. The van der Waals surface area contributed by atoms with Gasteiger partial charge in [-0.15, -0.1) is 11.8 Å². The van der Waals surface area contributed by atoms with Gasteiger partial charge in [0.15, 0.2) is 0 Å². The zero-order valence-electron chi connectivity index (χ0n) is 12.1. The van der Waals surface area contributed by atoms with Crippen LogP contribution in [0, 0.1) is 31.5 Å². The Hall–Kier alpha value is -1.76. The van der Waals surface area contributed by atoms with Crippen LogP contribution in [0.2, 0.25) is 0 Å². The van der Waals surface area contributed by atoms with Gasteiger partial charge in [-0.1, -0.05) is 24.0 Å². The maximum absolute atomic E-state index is 14.0. The number of hydrogen-bond donors (Lipinski definition) is 1. The Balaban J connectivity index is 2.07. The first kappa shape index (κ1) is 15.6. The molecule has 0 heterocycles. The number of aliphatic hydroxyl groups excluding tert-OH is 1. The minimum absolute atomic E-state index is 0.216. The lowest BCUT2D eigenvalue weighted by Crippen LogP contribution is -1.90. The van der Waals surface area contributed by atoms with Crippen LogP contribution < -0.4 is 0 Å². The van der Waals surface area contributed by atoms with Gasteiger partial charge in [0.05, 0.1) is 0 Å². The average Bonchev–Trinajstić information content (AvgIpc) is 2.47. The molecular weight excluding hydrogens is 283 g/mol. The van der Waals surface area contributed by atoms with Gasteiger partial charge >= 0.3 is 0 Å². The van der Waals surface area contributed by atoms with Crippen LogP contribution in [0.1, 0.15) is 22.3 Å². The van der Waals surface area contributed by atoms with E-state index in [1.54, 1.807) is 23.9 Å². The second kappa shape index (κ2) is 7.31. The third-order valence-electron chi connectivity index (χ3n) is 3.24. The summed E-state index contributed by atoms with van der Waals surface area (Å²) in [4.78, 5) is 1.14. The monoisotopic (exact) mass is 300 g/mol. The summed E-state index contributed by atoms with van der Waals surface area (Å²) < 4.78 is 14.0. The van der Waals surface area contributed by atoms with Crippen molar-refractivity contribution in [1.29, 1.82) is 0 Å². The van der Waals surface area contributed by atoms with E-state index in [0.29, 0.717) is 16.9 Å². The van der Waals surface area contributed by atoms with Crippen molar-refractivity contribution >= 4 is 11.8 Å². The van der Waals surface area contributed by atoms with Crippen molar-refractivity contribution in [2.24, 2.45) is 0 Å². The first-order chi connectivity index (χ1) is 10.1. The zero-order valence-corrected chi connectivity index (χ0v) is 12.9. The molecule has 0 saturated carbocycles. The van der Waals surface area contributed by atoms with E-state index < -0.39 is 0 Å². The summed E-state index contributed by atoms with van der Waals surface area (Å²) in [6.07, 6.45) is 0. The van der Waals surface area contributed by atoms with Crippen LogP contribution in [0.25, 0.3) is 0 Å². The van der Waals surface area contributed by atoms with E-state index >= 15 is 0 Å². The number of thioether (sulfide) groups is 1. The van der Waals surface area contributed by atoms with Gasteiger partial charge in [-0.2, -0.15) is 0 Å². The molecule has 0 unspecified atom stereocenters. The number of benzene rings is 2. The minimum atomic E-state index is -0.254. The van der Waals surface area contributed by atoms with Crippen molar-refractivity contribution in [1.82, 2.24) is 0 Å². The molecule has 0 aromatic heterocycles. The Labute approximate surface area is 129 Å². The van der Waals surface area contributed by atoms with Crippen LogP contribution in [0.5, 0.6) is 0 Å². The second-order valence-corrected chi connectivity index (χ2v) is 5.85. The normalized spacial score (nSPS) is 10.1. The van der Waals surface area contributed by atoms with E-state index in [1.165, 1.54) is 17.2 Å². The van der Waals surface area contributed by atoms with E-state index in [1.807, 2.05) is 0 Å². The van der Waals surface area contributed by atoms with Gasteiger partial charge in [-0.05, 0) is 54.8 Å². The molecule has 0 aliphatic heterocycles. The molecule has 0 saturated heterocycles. The molecule has 0 amide bonds. The number of aliphatic hydroxyl groups is 1. The minimum Gasteiger partial charge on any atom is -0.384 e. The number of hydrogen-bond acceptors (Lipinski definition) is 2. The van der Waals surface area contributed by atoms with Gasteiger partial charge in [-0.3, -0.25) is 0 Å². The average molecular weight is 300 g/mol. The SMILES string of the molecule is Cc1ccc(SCc2ccc(C#CCO)cc2F)cc1C. The summed E-state index contributed by atoms with van der Waals surface area (Å²) in [5.74, 6) is 5.55. The lowest BCUT2D eigenvalue weighted by Gasteiger charge is -2.06. The predicted molar refractivity (Wildman–Crippen MR) is 85.8 cm³/mol. The van der Waals surface area contributed by atoms with E-state index in [9.17, 15) is 4.39 Å². The lowest BCUT2D eigenvalue weighted by atomic mass is 10.1. The molecule has 0 bridgehead atoms. The molecule has 2 aromatic carbocycles. The van der Waals surface area contributed by atoms with Crippen LogP contribution in [-0.4, -0.2) is 11.7 Å². The van der Waals surface area contributed by atoms with E-state index in [0.717, 1.165) is 4.90 Å². The lowest BCUT2D eigenvalue weighted by molar-refractivity contribution is 0.350. The summed E-state index contributed by atoms with van der Waals surface area (Å²) in [5.41, 5.74) is 3.75. The van der Waals surface area contributed by atoms with Gasteiger partial charge in [0.2, 0.25) is 0 Å². The molecule has 0 radical (unpaired) electrons. The predicted octanol–water partition coefficient (Wildman–Crippen LogP) is 4.08. The van der Waals surface area contributed by atoms with Crippen LogP contribution in [-0.2, 0) is 5.75 Å². The zero-order chi connectivity index (χ0) is 15.2. The first-order valence-corrected chi connectivity index (χ1v) is 7.67. The van der Waals surface area contributed by atoms with E-state index in [4.69, 9.17) is 5.11 Å². The molecule has 0 spiro atoms. The summed E-state index contributed by atoms with van der Waals surface area (Å²) in [7, 11) is 0. The molecule has 0 fully saturated rings. The van der Waals surface area contributed by atoms with Crippen molar-refractivity contribution < 1.29 is 9.50 Å². The highest BCUT2D eigenvalue weighted by Crippen LogP contribution is 2.26. The largest absolute Gasteiger partial charge is 0.384 e. The van der Waals surface area contributed by atoms with Crippen LogP contribution in [0.15, 0.2) is 41.3 Å². The van der Waals surface area contributed by atoms with Crippen LogP contribution in [0.4, 0.5) is 4.39 Å². The van der Waals surface area contributed by atoms with Crippen LogP contribution >= 0.6 is 11.8 Å². The van der Waals surface area contributed by atoms with Crippen molar-refractivity contribution in [2.45, 2.75) is 24.5 Å². The van der Waals surface area contributed by atoms with Gasteiger partial charge in [0.25, 0.3) is 0 Å². The maximum Gasteiger partial charge on any atom is 0.128 e. The summed E-state index contributed by atoms with van der Waals surface area (Å²) >= 11 is 1.62. The highest BCUT2D eigenvalue weighted by Gasteiger charge is 2.04. The van der Waals surface area contributed by atoms with E-state index in [2.05, 4.69) is 43.9 Å². The fourth-order valence-electron chi connectivity index (χ4n) is 1.85. The Bertz CT molecular complexity index is 698. The Morgan fingerprint density at radius 2 is 1.90 bits per heavy atom. The Morgan fingerprint density at radius 3 is 2.57 bits per heavy atom. The fraction of sp³-hybridized carbons (Fsp3) is 0.222. The van der Waals surface area contributed by atoms with Crippen molar-refractivity contribution in [2.75, 3.05) is 6.61 Å². The highest BCUT2D eigenvalue weighted by molar-refractivity contribution is 7.98. The summed E-state index contributed by atoms with van der Waals surface area (Å²) in [6, 6.07) is 11.2. The van der Waals surface area contributed by atoms with Gasteiger partial charge in [0, 0.05) is 16.2 Å². The van der Waals surface area contributed by atoms with Crippen molar-refractivity contribution in [3.8, 4) is 11.8 Å². The molecule has 2 aromatic rings. The molecule has 108 valence electrons. The van der Waals surface area contributed by atoms with Crippen molar-refractivity contribution in [3.05, 3.63) is 64.5 Å². The molecule has 21 heavy (non-hydrogen) atoms. The van der Waals surface area contributed by atoms with Crippen LogP contribution in [0.3, 0.4) is 0 Å². The molecule has 1 N–H and O–H groups in total. The smallest absolute Gasteiger partial charge is 0.128 e. The molecule has 0 aliphatic rings. The maximum atomic E-state index is 14.0. The third kappa shape index (κ3) is 4.35. The molecule has 1 nitrogen and oxygen atoms in total. The summed E-state index contributed by atoms with van der Waals surface area (Å²) in [6.45, 7) is 3.94. The second-order valence-electron chi connectivity index (χ2n) is 4.80. The third-order valence-corrected chi connectivity index (χ3v) is 4.28. The number of halogens is 1. The Kier molecular flexibility index (Phi) is 5.44. The fourth-order valence-corrected chi connectivity index (χ4v) is 2.83. The molecule has 0 atom stereocenters. The summed E-state index contributed by atoms with van der Waals surface area (Å²) in [5, 5.41) is 8.63. The number of aryl methyl sites for hydroxylation is 2. The first-order valence-electron chi connectivity index (χ1n) is 6.68. The van der Waals surface area contributed by atoms with Gasteiger partial charge in [0.1, 0.15) is 12.4 Å². The molecule has 2 rings (SSSR count). The number of rotatable bonds is 3. The quantitative estimate of drug-likeness (QED) is 0.681. The highest BCUT2D eigenvalue weighted by atomic mass is 32.2. The van der Waals surface area contributed by atoms with Crippen molar-refractivity contribution in [3.63, 3.8) is 0 Å². The van der Waals surface area contributed by atoms with E-state index in [-0.39, 0.29) is 12.4 Å². The standard InChI is InChI=1S/C18H17FOS/c1-13-5-8-17(10-14(13)2)21-12-16-7-6-15(4-3-9-20)11-18(16)19/h5-8,10-11,20H,9,12H2,1-2H3. The molecular formula is C18H17FOS. The van der Waals surface area contributed by atoms with Gasteiger partial charge in [-0.25, -0.2) is 4.39 Å². The van der Waals surface area contributed by atoms with Gasteiger partial charge < -0.3 is 5.11 Å². The topological polar surface area (TPSA) is 20.2 Å². The molecule has 0 aliphatic carbocycles.